The maximum atomic E-state index is 13.0. The Hall–Kier alpha value is -0.760. The van der Waals surface area contributed by atoms with Crippen molar-refractivity contribution in [3.8, 4) is 0 Å². The zero-order valence-corrected chi connectivity index (χ0v) is 48.6. The minimum absolute atomic E-state index is 0.00284. The van der Waals surface area contributed by atoms with Crippen molar-refractivity contribution in [2.45, 2.75) is 334 Å². The number of likely N-dealkylation sites (N-methyl/N-ethyl adjacent to an activating group) is 1. The summed E-state index contributed by atoms with van der Waals surface area (Å²) in [5.74, 6) is -0.189. The highest BCUT2D eigenvalue weighted by molar-refractivity contribution is 7.45. The van der Waals surface area contributed by atoms with Crippen molar-refractivity contribution in [2.24, 2.45) is 0 Å². The molecule has 0 aliphatic rings. The van der Waals surface area contributed by atoms with Crippen LogP contribution in [0.1, 0.15) is 322 Å². The van der Waals surface area contributed by atoms with E-state index in [1.165, 1.54) is 263 Å². The van der Waals surface area contributed by atoms with Gasteiger partial charge in [-0.15, -0.1) is 0 Å². The molecular weight excluding hydrogens is 888 g/mol. The highest BCUT2D eigenvalue weighted by Crippen LogP contribution is 2.38. The first-order valence-corrected chi connectivity index (χ1v) is 32.5. The lowest BCUT2D eigenvalue weighted by Crippen LogP contribution is -2.45. The average Bonchev–Trinajstić information content (AvgIpc) is 3.32. The van der Waals surface area contributed by atoms with E-state index in [0.717, 1.165) is 38.5 Å². The monoisotopic (exact) mass is 1010 g/mol. The van der Waals surface area contributed by atoms with E-state index in [1.807, 2.05) is 27.2 Å². The van der Waals surface area contributed by atoms with Gasteiger partial charge in [-0.05, 0) is 19.3 Å². The number of nitrogens with one attached hydrogen (secondary N) is 1. The fourth-order valence-corrected chi connectivity index (χ4v) is 10.4. The molecular formula is C61H123N2O6P. The second-order valence-electron chi connectivity index (χ2n) is 22.8. The molecule has 0 aliphatic carbocycles. The van der Waals surface area contributed by atoms with Crippen molar-refractivity contribution in [2.75, 3.05) is 40.9 Å². The third-order valence-electron chi connectivity index (χ3n) is 14.5. The van der Waals surface area contributed by atoms with Gasteiger partial charge in [0.25, 0.3) is 7.82 Å². The lowest BCUT2D eigenvalue weighted by atomic mass is 10.0. The minimum Gasteiger partial charge on any atom is -0.756 e. The molecule has 2 N–H and O–H groups in total. The molecule has 0 aromatic rings. The van der Waals surface area contributed by atoms with Crippen LogP contribution in [-0.4, -0.2) is 68.5 Å². The smallest absolute Gasteiger partial charge is 0.268 e. The summed E-state index contributed by atoms with van der Waals surface area (Å²) >= 11 is 0. The van der Waals surface area contributed by atoms with Crippen molar-refractivity contribution in [3.05, 3.63) is 12.2 Å². The molecule has 0 aromatic carbocycles. The third-order valence-corrected chi connectivity index (χ3v) is 15.5. The molecule has 0 spiro atoms. The van der Waals surface area contributed by atoms with Crippen LogP contribution in [0.5, 0.6) is 0 Å². The molecule has 0 saturated heterocycles. The van der Waals surface area contributed by atoms with Crippen LogP contribution < -0.4 is 10.2 Å². The number of hydrogen-bond acceptors (Lipinski definition) is 6. The number of amides is 1. The van der Waals surface area contributed by atoms with Gasteiger partial charge in [0.15, 0.2) is 0 Å². The number of unbranched alkanes of at least 4 members (excludes halogenated alkanes) is 45. The second-order valence-corrected chi connectivity index (χ2v) is 24.2. The Bertz CT molecular complexity index is 1150. The van der Waals surface area contributed by atoms with E-state index in [2.05, 4.69) is 19.2 Å². The van der Waals surface area contributed by atoms with Crippen LogP contribution in [0.25, 0.3) is 0 Å². The van der Waals surface area contributed by atoms with Gasteiger partial charge in [0.1, 0.15) is 13.2 Å². The number of allylic oxidation sites excluding steroid dienone is 1. The normalized spacial score (nSPS) is 13.9. The maximum Gasteiger partial charge on any atom is 0.268 e. The van der Waals surface area contributed by atoms with Crippen LogP contribution in [0.3, 0.4) is 0 Å². The summed E-state index contributed by atoms with van der Waals surface area (Å²) < 4.78 is 23.4. The fourth-order valence-electron chi connectivity index (χ4n) is 9.63. The molecule has 0 aromatic heterocycles. The van der Waals surface area contributed by atoms with Gasteiger partial charge in [-0.25, -0.2) is 0 Å². The first-order chi connectivity index (χ1) is 34.0. The number of nitrogens with zero attached hydrogens (tertiary/aromatic N) is 1. The summed E-state index contributed by atoms with van der Waals surface area (Å²) in [4.78, 5) is 25.5. The number of quaternary nitrogens is 1. The van der Waals surface area contributed by atoms with E-state index in [4.69, 9.17) is 9.05 Å². The van der Waals surface area contributed by atoms with Crippen molar-refractivity contribution < 1.29 is 32.9 Å². The van der Waals surface area contributed by atoms with Crippen molar-refractivity contribution in [3.63, 3.8) is 0 Å². The molecule has 9 heteroatoms. The number of phosphoric acid groups is 1. The predicted molar refractivity (Wildman–Crippen MR) is 302 cm³/mol. The fraction of sp³-hybridized carbons (Fsp3) is 0.951. The van der Waals surface area contributed by atoms with Gasteiger partial charge in [-0.1, -0.05) is 309 Å². The number of rotatable bonds is 58. The van der Waals surface area contributed by atoms with E-state index in [9.17, 15) is 19.4 Å². The summed E-state index contributed by atoms with van der Waals surface area (Å²) in [6, 6.07) is -0.882. The van der Waals surface area contributed by atoms with Crippen LogP contribution in [0.2, 0.25) is 0 Å². The molecule has 0 bridgehead atoms. The number of hydrogen-bond donors (Lipinski definition) is 2. The first-order valence-electron chi connectivity index (χ1n) is 31.1. The standard InChI is InChI=1S/C61H123N2O6P/c1-6-8-10-12-14-16-18-20-22-24-26-28-30-31-33-34-36-38-40-42-44-46-48-50-52-54-60(64)59(58-69-70(66,67)68-57-56-63(3,4)5)62-61(65)55-53-51-49-47-45-43-41-39-37-35-32-29-27-25-23-21-19-17-15-13-11-9-7-2/h52,54,59-60,64H,6-51,53,55-58H2,1-5H3,(H-,62,65,66,67)/b54-52+. The van der Waals surface area contributed by atoms with E-state index in [-0.39, 0.29) is 19.1 Å². The zero-order chi connectivity index (χ0) is 51.3. The Labute approximate surface area is 437 Å². The van der Waals surface area contributed by atoms with E-state index in [0.29, 0.717) is 17.4 Å². The van der Waals surface area contributed by atoms with Crippen molar-refractivity contribution >= 4 is 13.7 Å². The molecule has 0 saturated carbocycles. The van der Waals surface area contributed by atoms with Gasteiger partial charge < -0.3 is 28.8 Å². The number of aliphatic hydroxyl groups is 1. The Morgan fingerprint density at radius 1 is 0.486 bits per heavy atom. The molecule has 1 amide bonds. The number of phosphoric ester groups is 1. The van der Waals surface area contributed by atoms with E-state index in [1.54, 1.807) is 6.08 Å². The average molecular weight is 1010 g/mol. The SMILES string of the molecule is CCCCCCCCCCCCCCCCCCCCCCCCC/C=C/C(O)C(COP(=O)([O-])OCC[N+](C)(C)C)NC(=O)CCCCCCCCCCCCCCCCCCCCCCCCC. The highest BCUT2D eigenvalue weighted by atomic mass is 31.2. The Morgan fingerprint density at radius 3 is 1.07 bits per heavy atom. The van der Waals surface area contributed by atoms with Crippen LogP contribution >= 0.6 is 7.82 Å². The molecule has 70 heavy (non-hydrogen) atoms. The Balaban J connectivity index is 4.13. The topological polar surface area (TPSA) is 108 Å². The van der Waals surface area contributed by atoms with Gasteiger partial charge >= 0.3 is 0 Å². The minimum atomic E-state index is -4.59. The molecule has 3 unspecified atom stereocenters. The summed E-state index contributed by atoms with van der Waals surface area (Å²) in [7, 11) is 1.28. The van der Waals surface area contributed by atoms with Crippen molar-refractivity contribution in [1.82, 2.24) is 5.32 Å². The zero-order valence-electron chi connectivity index (χ0n) is 47.8. The van der Waals surface area contributed by atoms with E-state index >= 15 is 0 Å². The van der Waals surface area contributed by atoms with Crippen LogP contribution in [0.4, 0.5) is 0 Å². The number of carbonyl (C=O) groups is 1. The van der Waals surface area contributed by atoms with Gasteiger partial charge in [0.2, 0.25) is 5.91 Å². The third kappa shape index (κ3) is 55.0. The number of carbonyl (C=O) groups excluding carboxylic acids is 1. The Morgan fingerprint density at radius 2 is 0.771 bits per heavy atom. The second kappa shape index (κ2) is 53.1. The molecule has 418 valence electrons. The summed E-state index contributed by atoms with van der Waals surface area (Å²) in [6.07, 6.45) is 65.8. The Kier molecular flexibility index (Phi) is 52.5. The highest BCUT2D eigenvalue weighted by Gasteiger charge is 2.23. The molecule has 0 aliphatic heterocycles. The van der Waals surface area contributed by atoms with Crippen molar-refractivity contribution in [1.29, 1.82) is 0 Å². The maximum absolute atomic E-state index is 13.0. The van der Waals surface area contributed by atoms with Gasteiger partial charge in [-0.3, -0.25) is 9.36 Å². The number of aliphatic hydroxyl groups excluding tert-OH is 1. The quantitative estimate of drug-likeness (QED) is 0.0272. The van der Waals surface area contributed by atoms with Crippen LogP contribution in [-0.2, 0) is 18.4 Å². The lowest BCUT2D eigenvalue weighted by Gasteiger charge is -2.29. The predicted octanol–water partition coefficient (Wildman–Crippen LogP) is 18.4. The van der Waals surface area contributed by atoms with Gasteiger partial charge in [0.05, 0.1) is 39.9 Å². The first kappa shape index (κ1) is 69.2. The summed E-state index contributed by atoms with van der Waals surface area (Å²) in [5, 5.41) is 13.9. The van der Waals surface area contributed by atoms with Gasteiger partial charge in [0, 0.05) is 6.42 Å². The summed E-state index contributed by atoms with van der Waals surface area (Å²) in [5.41, 5.74) is 0. The molecule has 3 atom stereocenters. The lowest BCUT2D eigenvalue weighted by molar-refractivity contribution is -0.870. The largest absolute Gasteiger partial charge is 0.756 e. The summed E-state index contributed by atoms with van der Waals surface area (Å²) in [6.45, 7) is 4.71. The van der Waals surface area contributed by atoms with Crippen LogP contribution in [0, 0.1) is 0 Å². The molecule has 0 radical (unpaired) electrons. The van der Waals surface area contributed by atoms with Gasteiger partial charge in [-0.2, -0.15) is 0 Å². The molecule has 0 rings (SSSR count). The van der Waals surface area contributed by atoms with E-state index < -0.39 is 20.0 Å². The molecule has 8 nitrogen and oxygen atoms in total. The molecule has 0 heterocycles. The molecule has 0 fully saturated rings. The van der Waals surface area contributed by atoms with Crippen LogP contribution in [0.15, 0.2) is 12.2 Å².